The van der Waals surface area contributed by atoms with Crippen LogP contribution in [0.2, 0.25) is 0 Å². The molecule has 0 radical (unpaired) electrons. The number of hydrogen-bond donors (Lipinski definition) is 1. The molecule has 0 spiro atoms. The van der Waals surface area contributed by atoms with Crippen LogP contribution >= 0.6 is 0 Å². The van der Waals surface area contributed by atoms with E-state index in [9.17, 15) is 8.42 Å². The van der Waals surface area contributed by atoms with E-state index in [2.05, 4.69) is 31.5 Å². The van der Waals surface area contributed by atoms with Gasteiger partial charge in [0.25, 0.3) is 0 Å². The van der Waals surface area contributed by atoms with Gasteiger partial charge in [0.15, 0.2) is 5.76 Å². The Bertz CT molecular complexity index is 1320. The summed E-state index contributed by atoms with van der Waals surface area (Å²) in [6, 6.07) is 3.49. The zero-order chi connectivity index (χ0) is 25.8. The smallest absolute Gasteiger partial charge is 0.243 e. The summed E-state index contributed by atoms with van der Waals surface area (Å²) < 4.78 is 47.3. The number of allylic oxidation sites excluding steroid dienone is 2. The SMILES string of the molecule is C=C(OC)/C(=C(\CC)OC)n1c(NS(=O)(=O)[C@H](C)Cc2ncc(C)cn2)nnc1-c1ccc(C)o1. The van der Waals surface area contributed by atoms with Gasteiger partial charge in [0.1, 0.15) is 28.8 Å². The van der Waals surface area contributed by atoms with E-state index >= 15 is 0 Å². The highest BCUT2D eigenvalue weighted by molar-refractivity contribution is 7.93. The molecule has 3 aromatic heterocycles. The molecular formula is C23H30N6O5S. The van der Waals surface area contributed by atoms with Gasteiger partial charge in [0.05, 0.1) is 19.5 Å². The third-order valence-corrected chi connectivity index (χ3v) is 6.95. The second-order valence-corrected chi connectivity index (χ2v) is 9.99. The minimum atomic E-state index is -3.93. The van der Waals surface area contributed by atoms with Gasteiger partial charge in [0.2, 0.25) is 21.8 Å². The Morgan fingerprint density at radius 3 is 2.40 bits per heavy atom. The van der Waals surface area contributed by atoms with Crippen molar-refractivity contribution in [3.05, 3.63) is 59.8 Å². The largest absolute Gasteiger partial charge is 0.499 e. The number of furan rings is 1. The van der Waals surface area contributed by atoms with Crippen molar-refractivity contribution in [3.63, 3.8) is 0 Å². The molecule has 3 heterocycles. The molecule has 0 unspecified atom stereocenters. The number of sulfonamides is 1. The summed E-state index contributed by atoms with van der Waals surface area (Å²) in [5.41, 5.74) is 1.25. The number of anilines is 1. The highest BCUT2D eigenvalue weighted by Gasteiger charge is 2.29. The van der Waals surface area contributed by atoms with Crippen LogP contribution in [0.25, 0.3) is 17.3 Å². The van der Waals surface area contributed by atoms with E-state index in [0.717, 1.165) is 5.56 Å². The maximum absolute atomic E-state index is 13.3. The summed E-state index contributed by atoms with van der Waals surface area (Å²) >= 11 is 0. The van der Waals surface area contributed by atoms with Gasteiger partial charge in [-0.25, -0.2) is 18.4 Å². The first kappa shape index (κ1) is 25.9. The Balaban J connectivity index is 2.09. The summed E-state index contributed by atoms with van der Waals surface area (Å²) in [6.45, 7) is 11.1. The van der Waals surface area contributed by atoms with Gasteiger partial charge in [0, 0.05) is 25.2 Å². The van der Waals surface area contributed by atoms with Crippen molar-refractivity contribution >= 4 is 21.7 Å². The third-order valence-electron chi connectivity index (χ3n) is 5.26. The number of aromatic nitrogens is 5. The highest BCUT2D eigenvalue weighted by atomic mass is 32.2. The highest BCUT2D eigenvalue weighted by Crippen LogP contribution is 2.33. The molecular weight excluding hydrogens is 472 g/mol. The van der Waals surface area contributed by atoms with Crippen molar-refractivity contribution in [3.8, 4) is 11.6 Å². The monoisotopic (exact) mass is 502 g/mol. The van der Waals surface area contributed by atoms with E-state index in [0.29, 0.717) is 35.2 Å². The molecule has 1 atom stereocenters. The Morgan fingerprint density at radius 1 is 1.17 bits per heavy atom. The number of nitrogens with zero attached hydrogens (tertiary/aromatic N) is 5. The Hall–Kier alpha value is -3.67. The number of hydrogen-bond acceptors (Lipinski definition) is 9. The summed E-state index contributed by atoms with van der Waals surface area (Å²) in [5, 5.41) is 7.46. The fourth-order valence-corrected chi connectivity index (χ4v) is 4.26. The maximum Gasteiger partial charge on any atom is 0.243 e. The van der Waals surface area contributed by atoms with E-state index in [1.165, 1.54) is 18.8 Å². The number of nitrogens with one attached hydrogen (secondary N) is 1. The fraction of sp³-hybridized carbons (Fsp3) is 0.391. The molecule has 0 saturated carbocycles. The molecule has 3 rings (SSSR count). The minimum absolute atomic E-state index is 0.0677. The van der Waals surface area contributed by atoms with E-state index in [-0.39, 0.29) is 24.0 Å². The Kier molecular flexibility index (Phi) is 7.95. The van der Waals surface area contributed by atoms with Gasteiger partial charge < -0.3 is 13.9 Å². The van der Waals surface area contributed by atoms with Crippen LogP contribution in [0.5, 0.6) is 0 Å². The molecule has 11 nitrogen and oxygen atoms in total. The minimum Gasteiger partial charge on any atom is -0.499 e. The van der Waals surface area contributed by atoms with Crippen LogP contribution < -0.4 is 4.72 Å². The molecule has 0 aliphatic rings. The number of rotatable bonds is 11. The molecule has 0 amide bonds. The van der Waals surface area contributed by atoms with Gasteiger partial charge >= 0.3 is 0 Å². The predicted octanol–water partition coefficient (Wildman–Crippen LogP) is 3.70. The van der Waals surface area contributed by atoms with E-state index in [1.54, 1.807) is 38.4 Å². The van der Waals surface area contributed by atoms with Crippen molar-refractivity contribution < 1.29 is 22.3 Å². The third kappa shape index (κ3) is 5.70. The maximum atomic E-state index is 13.3. The van der Waals surface area contributed by atoms with Crippen molar-refractivity contribution in [1.29, 1.82) is 0 Å². The van der Waals surface area contributed by atoms with Crippen LogP contribution in [0.3, 0.4) is 0 Å². The molecule has 0 saturated heterocycles. The standard InChI is InChI=1S/C23H30N6O5S/c1-8-18(33-7)21(17(5)32-6)29-22(19-10-9-15(3)34-19)26-27-23(29)28-35(30,31)16(4)11-20-24-12-14(2)13-25-20/h9-10,12-13,16H,5,8,11H2,1-4,6-7H3,(H,27,28)/b21-18-/t16-/m1/s1. The van der Waals surface area contributed by atoms with Crippen LogP contribution in [0.1, 0.15) is 37.4 Å². The van der Waals surface area contributed by atoms with E-state index in [4.69, 9.17) is 13.9 Å². The molecule has 0 aliphatic heterocycles. The van der Waals surface area contributed by atoms with Gasteiger partial charge in [-0.1, -0.05) is 13.5 Å². The molecule has 1 N–H and O–H groups in total. The summed E-state index contributed by atoms with van der Waals surface area (Å²) in [4.78, 5) is 8.42. The number of ether oxygens (including phenoxy) is 2. The van der Waals surface area contributed by atoms with Crippen molar-refractivity contribution in [1.82, 2.24) is 24.7 Å². The van der Waals surface area contributed by atoms with Crippen molar-refractivity contribution in [2.75, 3.05) is 18.9 Å². The van der Waals surface area contributed by atoms with Crippen molar-refractivity contribution in [2.24, 2.45) is 0 Å². The second-order valence-electron chi connectivity index (χ2n) is 7.89. The van der Waals surface area contributed by atoms with Crippen LogP contribution in [0, 0.1) is 13.8 Å². The van der Waals surface area contributed by atoms with Crippen LogP contribution in [0.4, 0.5) is 5.95 Å². The molecule has 188 valence electrons. The lowest BCUT2D eigenvalue weighted by Gasteiger charge is -2.20. The van der Waals surface area contributed by atoms with Crippen LogP contribution in [-0.2, 0) is 25.9 Å². The van der Waals surface area contributed by atoms with E-state index in [1.807, 2.05) is 13.8 Å². The molecule has 12 heteroatoms. The zero-order valence-electron chi connectivity index (χ0n) is 20.7. The lowest BCUT2D eigenvalue weighted by Crippen LogP contribution is -2.29. The normalized spacial score (nSPS) is 13.2. The lowest BCUT2D eigenvalue weighted by molar-refractivity contribution is 0.269. The average Bonchev–Trinajstić information content (AvgIpc) is 3.43. The summed E-state index contributed by atoms with van der Waals surface area (Å²) in [5.74, 6) is 2.36. The summed E-state index contributed by atoms with van der Waals surface area (Å²) in [6.07, 6.45) is 3.87. The molecule has 0 aliphatic carbocycles. The quantitative estimate of drug-likeness (QED) is 0.307. The van der Waals surface area contributed by atoms with Crippen LogP contribution in [0.15, 0.2) is 47.0 Å². The predicted molar refractivity (Wildman–Crippen MR) is 132 cm³/mol. The molecule has 0 bridgehead atoms. The number of methoxy groups -OCH3 is 2. The van der Waals surface area contributed by atoms with Gasteiger partial charge in [-0.3, -0.25) is 9.29 Å². The molecule has 3 aromatic rings. The molecule has 0 fully saturated rings. The zero-order valence-corrected chi connectivity index (χ0v) is 21.5. The Labute approximate surface area is 205 Å². The topological polar surface area (TPSA) is 134 Å². The lowest BCUT2D eigenvalue weighted by atomic mass is 10.2. The fourth-order valence-electron chi connectivity index (χ4n) is 3.31. The first-order chi connectivity index (χ1) is 16.6. The molecule has 35 heavy (non-hydrogen) atoms. The van der Waals surface area contributed by atoms with Crippen molar-refractivity contribution in [2.45, 2.75) is 45.8 Å². The van der Waals surface area contributed by atoms with Crippen LogP contribution in [-0.4, -0.2) is 52.6 Å². The Morgan fingerprint density at radius 2 is 1.86 bits per heavy atom. The van der Waals surface area contributed by atoms with Gasteiger partial charge in [-0.2, -0.15) is 0 Å². The van der Waals surface area contributed by atoms with E-state index < -0.39 is 15.3 Å². The first-order valence-corrected chi connectivity index (χ1v) is 12.5. The van der Waals surface area contributed by atoms with Gasteiger partial charge in [-0.05, 0) is 38.5 Å². The second kappa shape index (κ2) is 10.7. The van der Waals surface area contributed by atoms with Gasteiger partial charge in [-0.15, -0.1) is 10.2 Å². The molecule has 0 aromatic carbocycles. The summed E-state index contributed by atoms with van der Waals surface area (Å²) in [7, 11) is -0.962. The first-order valence-electron chi connectivity index (χ1n) is 10.9. The average molecular weight is 503 g/mol. The number of aryl methyl sites for hydroxylation is 2.